The van der Waals surface area contributed by atoms with Gasteiger partial charge in [0.1, 0.15) is 18.1 Å². The van der Waals surface area contributed by atoms with Crippen LogP contribution in [-0.4, -0.2) is 33.2 Å². The number of hydrogen-bond acceptors (Lipinski definition) is 5. The fourth-order valence-electron chi connectivity index (χ4n) is 2.16. The summed E-state index contributed by atoms with van der Waals surface area (Å²) in [6, 6.07) is 5.62. The second-order valence-corrected chi connectivity index (χ2v) is 4.69. The van der Waals surface area contributed by atoms with Crippen LogP contribution in [0.4, 0.5) is 0 Å². The summed E-state index contributed by atoms with van der Waals surface area (Å²) < 4.78 is 22.0. The third-order valence-electron chi connectivity index (χ3n) is 3.27. The van der Waals surface area contributed by atoms with E-state index >= 15 is 0 Å². The SMILES string of the molecule is COc1ccc(OCCOC2CCCCO2)c(CN)c1. The summed E-state index contributed by atoms with van der Waals surface area (Å²) >= 11 is 0. The summed E-state index contributed by atoms with van der Waals surface area (Å²) in [7, 11) is 1.63. The van der Waals surface area contributed by atoms with Crippen LogP contribution in [0.2, 0.25) is 0 Å². The zero-order chi connectivity index (χ0) is 14.2. The van der Waals surface area contributed by atoms with E-state index in [1.807, 2.05) is 18.2 Å². The first kappa shape index (κ1) is 15.1. The molecule has 0 saturated carbocycles. The molecule has 1 saturated heterocycles. The predicted octanol–water partition coefficient (Wildman–Crippen LogP) is 2.08. The van der Waals surface area contributed by atoms with Crippen molar-refractivity contribution >= 4 is 0 Å². The summed E-state index contributed by atoms with van der Waals surface area (Å²) in [5.74, 6) is 1.56. The Kier molecular flexibility index (Phi) is 6.11. The van der Waals surface area contributed by atoms with Crippen LogP contribution in [0.25, 0.3) is 0 Å². The van der Waals surface area contributed by atoms with Gasteiger partial charge in [-0.05, 0) is 37.5 Å². The lowest BCUT2D eigenvalue weighted by Gasteiger charge is -2.22. The predicted molar refractivity (Wildman–Crippen MR) is 75.9 cm³/mol. The Labute approximate surface area is 120 Å². The first-order valence-electron chi connectivity index (χ1n) is 7.06. The quantitative estimate of drug-likeness (QED) is 0.775. The standard InChI is InChI=1S/C15H23NO4/c1-17-13-5-6-14(12(10-13)11-16)18-8-9-20-15-4-2-3-7-19-15/h5-6,10,15H,2-4,7-9,11,16H2,1H3. The van der Waals surface area contributed by atoms with E-state index in [4.69, 9.17) is 24.7 Å². The van der Waals surface area contributed by atoms with Crippen molar-refractivity contribution in [3.05, 3.63) is 23.8 Å². The van der Waals surface area contributed by atoms with E-state index in [1.54, 1.807) is 7.11 Å². The van der Waals surface area contributed by atoms with Crippen molar-refractivity contribution in [1.29, 1.82) is 0 Å². The molecule has 112 valence electrons. The Morgan fingerprint density at radius 3 is 2.90 bits per heavy atom. The van der Waals surface area contributed by atoms with Gasteiger partial charge in [-0.2, -0.15) is 0 Å². The molecule has 0 aromatic heterocycles. The molecule has 1 aromatic carbocycles. The Morgan fingerprint density at radius 2 is 2.20 bits per heavy atom. The van der Waals surface area contributed by atoms with Crippen molar-refractivity contribution in [3.63, 3.8) is 0 Å². The number of methoxy groups -OCH3 is 1. The highest BCUT2D eigenvalue weighted by Crippen LogP contribution is 2.23. The third kappa shape index (κ3) is 4.37. The highest BCUT2D eigenvalue weighted by Gasteiger charge is 2.13. The molecule has 5 heteroatoms. The largest absolute Gasteiger partial charge is 0.497 e. The second-order valence-electron chi connectivity index (χ2n) is 4.69. The molecule has 1 aromatic rings. The van der Waals surface area contributed by atoms with Gasteiger partial charge in [-0.3, -0.25) is 0 Å². The lowest BCUT2D eigenvalue weighted by molar-refractivity contribution is -0.165. The Bertz CT molecular complexity index is 405. The number of hydrogen-bond donors (Lipinski definition) is 1. The van der Waals surface area contributed by atoms with Gasteiger partial charge in [-0.25, -0.2) is 0 Å². The van der Waals surface area contributed by atoms with Crippen molar-refractivity contribution in [1.82, 2.24) is 0 Å². The highest BCUT2D eigenvalue weighted by atomic mass is 16.7. The number of nitrogens with two attached hydrogens (primary N) is 1. The van der Waals surface area contributed by atoms with Crippen LogP contribution in [-0.2, 0) is 16.0 Å². The van der Waals surface area contributed by atoms with E-state index in [0.717, 1.165) is 36.5 Å². The molecule has 1 unspecified atom stereocenters. The number of benzene rings is 1. The van der Waals surface area contributed by atoms with E-state index in [0.29, 0.717) is 19.8 Å². The van der Waals surface area contributed by atoms with Gasteiger partial charge in [0.05, 0.1) is 13.7 Å². The van der Waals surface area contributed by atoms with Crippen molar-refractivity contribution < 1.29 is 18.9 Å². The average Bonchev–Trinajstić information content (AvgIpc) is 2.52. The number of rotatable bonds is 7. The maximum absolute atomic E-state index is 5.71. The van der Waals surface area contributed by atoms with Crippen LogP contribution in [0.15, 0.2) is 18.2 Å². The van der Waals surface area contributed by atoms with Gasteiger partial charge in [-0.15, -0.1) is 0 Å². The van der Waals surface area contributed by atoms with E-state index in [1.165, 1.54) is 6.42 Å². The van der Waals surface area contributed by atoms with E-state index < -0.39 is 0 Å². The van der Waals surface area contributed by atoms with E-state index in [2.05, 4.69) is 0 Å². The van der Waals surface area contributed by atoms with Crippen LogP contribution in [0.1, 0.15) is 24.8 Å². The molecule has 0 bridgehead atoms. The van der Waals surface area contributed by atoms with E-state index in [9.17, 15) is 0 Å². The molecule has 1 aliphatic heterocycles. The van der Waals surface area contributed by atoms with Crippen molar-refractivity contribution in [2.24, 2.45) is 5.73 Å². The molecule has 0 aliphatic carbocycles. The van der Waals surface area contributed by atoms with Gasteiger partial charge < -0.3 is 24.7 Å². The number of ether oxygens (including phenoxy) is 4. The van der Waals surface area contributed by atoms with Crippen molar-refractivity contribution in [2.45, 2.75) is 32.1 Å². The van der Waals surface area contributed by atoms with Crippen LogP contribution in [0, 0.1) is 0 Å². The summed E-state index contributed by atoms with van der Waals surface area (Å²) in [6.45, 7) is 2.21. The molecule has 1 atom stereocenters. The molecule has 2 N–H and O–H groups in total. The third-order valence-corrected chi connectivity index (χ3v) is 3.27. The average molecular weight is 281 g/mol. The first-order chi connectivity index (χ1) is 9.83. The molecule has 0 spiro atoms. The first-order valence-corrected chi connectivity index (χ1v) is 7.06. The monoisotopic (exact) mass is 281 g/mol. The van der Waals surface area contributed by atoms with Crippen molar-refractivity contribution in [3.8, 4) is 11.5 Å². The van der Waals surface area contributed by atoms with Gasteiger partial charge in [0.2, 0.25) is 0 Å². The molecule has 0 radical (unpaired) electrons. The minimum Gasteiger partial charge on any atom is -0.497 e. The maximum atomic E-state index is 5.71. The summed E-state index contributed by atoms with van der Waals surface area (Å²) in [5.41, 5.74) is 6.64. The zero-order valence-corrected chi connectivity index (χ0v) is 12.0. The molecule has 20 heavy (non-hydrogen) atoms. The summed E-state index contributed by atoms with van der Waals surface area (Å²) in [6.07, 6.45) is 3.19. The van der Waals surface area contributed by atoms with Gasteiger partial charge in [-0.1, -0.05) is 0 Å². The maximum Gasteiger partial charge on any atom is 0.157 e. The van der Waals surface area contributed by atoms with Gasteiger partial charge in [0, 0.05) is 18.7 Å². The van der Waals surface area contributed by atoms with Crippen LogP contribution in [0.3, 0.4) is 0 Å². The molecule has 1 heterocycles. The lowest BCUT2D eigenvalue weighted by Crippen LogP contribution is -2.24. The molecule has 5 nitrogen and oxygen atoms in total. The Balaban J connectivity index is 1.75. The zero-order valence-electron chi connectivity index (χ0n) is 12.0. The molecular weight excluding hydrogens is 258 g/mol. The van der Waals surface area contributed by atoms with Crippen LogP contribution < -0.4 is 15.2 Å². The van der Waals surface area contributed by atoms with Gasteiger partial charge >= 0.3 is 0 Å². The Hall–Kier alpha value is -1.30. The van der Waals surface area contributed by atoms with Crippen LogP contribution in [0.5, 0.6) is 11.5 Å². The minimum atomic E-state index is -0.0720. The summed E-state index contributed by atoms with van der Waals surface area (Å²) in [5, 5.41) is 0. The second kappa shape index (κ2) is 8.09. The fourth-order valence-corrected chi connectivity index (χ4v) is 2.16. The smallest absolute Gasteiger partial charge is 0.157 e. The minimum absolute atomic E-state index is 0.0720. The molecule has 0 amide bonds. The molecule has 2 rings (SSSR count). The van der Waals surface area contributed by atoms with Gasteiger partial charge in [0.25, 0.3) is 0 Å². The molecular formula is C15H23NO4. The van der Waals surface area contributed by atoms with Crippen molar-refractivity contribution in [2.75, 3.05) is 26.9 Å². The lowest BCUT2D eigenvalue weighted by atomic mass is 10.2. The van der Waals surface area contributed by atoms with Gasteiger partial charge in [0.15, 0.2) is 6.29 Å². The Morgan fingerprint density at radius 1 is 1.30 bits per heavy atom. The molecule has 1 aliphatic rings. The van der Waals surface area contributed by atoms with E-state index in [-0.39, 0.29) is 6.29 Å². The topological polar surface area (TPSA) is 62.9 Å². The fraction of sp³-hybridized carbons (Fsp3) is 0.600. The highest BCUT2D eigenvalue weighted by molar-refractivity contribution is 5.40. The normalized spacial score (nSPS) is 18.8. The summed E-state index contributed by atoms with van der Waals surface area (Å²) in [4.78, 5) is 0. The van der Waals surface area contributed by atoms with Crippen LogP contribution >= 0.6 is 0 Å². The molecule has 1 fully saturated rings.